The molecule has 1 amide bonds. The number of ether oxygens (including phenoxy) is 1. The summed E-state index contributed by atoms with van der Waals surface area (Å²) >= 11 is 0. The van der Waals surface area contributed by atoms with Gasteiger partial charge in [0.25, 0.3) is 0 Å². The molecule has 0 atom stereocenters. The monoisotopic (exact) mass is 224 g/mol. The lowest BCUT2D eigenvalue weighted by molar-refractivity contribution is -0.385. The Morgan fingerprint density at radius 3 is 2.62 bits per heavy atom. The lowest BCUT2D eigenvalue weighted by Crippen LogP contribution is -2.32. The zero-order valence-corrected chi connectivity index (χ0v) is 8.97. The van der Waals surface area contributed by atoms with Crippen LogP contribution in [0.3, 0.4) is 0 Å². The highest BCUT2D eigenvalue weighted by atomic mass is 16.6. The summed E-state index contributed by atoms with van der Waals surface area (Å²) in [6.45, 7) is 3.53. The maximum atomic E-state index is 11.2. The molecule has 6 heteroatoms. The number of nitro benzene ring substituents is 1. The number of nitro groups is 1. The predicted octanol–water partition coefficient (Wildman–Crippen LogP) is 2.09. The van der Waals surface area contributed by atoms with Crippen LogP contribution in [0.1, 0.15) is 13.8 Å². The molecule has 86 valence electrons. The number of rotatable bonds is 3. The Morgan fingerprint density at radius 2 is 2.06 bits per heavy atom. The van der Waals surface area contributed by atoms with E-state index in [4.69, 9.17) is 4.74 Å². The zero-order chi connectivity index (χ0) is 12.1. The molecular formula is C10H12N2O4. The van der Waals surface area contributed by atoms with Crippen LogP contribution in [-0.4, -0.2) is 17.1 Å². The Labute approximate surface area is 92.4 Å². The molecular weight excluding hydrogens is 212 g/mol. The van der Waals surface area contributed by atoms with E-state index in [1.54, 1.807) is 19.9 Å². The van der Waals surface area contributed by atoms with Crippen LogP contribution in [0.4, 0.5) is 10.5 Å². The van der Waals surface area contributed by atoms with Gasteiger partial charge in [-0.1, -0.05) is 12.1 Å². The molecule has 6 nitrogen and oxygen atoms in total. The molecule has 0 bridgehead atoms. The summed E-state index contributed by atoms with van der Waals surface area (Å²) < 4.78 is 4.83. The van der Waals surface area contributed by atoms with Crippen molar-refractivity contribution in [3.05, 3.63) is 34.4 Å². The summed E-state index contributed by atoms with van der Waals surface area (Å²) in [6.07, 6.45) is -0.704. The zero-order valence-electron chi connectivity index (χ0n) is 8.97. The van der Waals surface area contributed by atoms with E-state index >= 15 is 0 Å². The maximum Gasteiger partial charge on any atom is 0.413 e. The largest absolute Gasteiger partial charge is 0.413 e. The van der Waals surface area contributed by atoms with E-state index in [2.05, 4.69) is 5.32 Å². The summed E-state index contributed by atoms with van der Waals surface area (Å²) in [4.78, 5) is 21.3. The Bertz CT molecular complexity index is 404. The Morgan fingerprint density at radius 1 is 1.44 bits per heavy atom. The number of hydrogen-bond donors (Lipinski definition) is 1. The van der Waals surface area contributed by atoms with Crippen molar-refractivity contribution in [2.45, 2.75) is 19.9 Å². The molecule has 16 heavy (non-hydrogen) atoms. The van der Waals surface area contributed by atoms with Crippen molar-refractivity contribution in [1.29, 1.82) is 0 Å². The number of para-hydroxylation sites is 2. The molecule has 1 aromatic rings. The van der Waals surface area contributed by atoms with Crippen LogP contribution in [0.2, 0.25) is 0 Å². The van der Waals surface area contributed by atoms with E-state index in [1.165, 1.54) is 18.2 Å². The molecule has 0 fully saturated rings. The number of amides is 1. The normalized spacial score (nSPS) is 9.94. The first kappa shape index (κ1) is 12.0. The number of carbonyl (C=O) groups is 1. The standard InChI is InChI=1S/C10H12N2O4/c1-7(2)11-10(13)16-9-6-4-3-5-8(9)12(14)15/h3-7H,1-2H3,(H,11,13). The Hall–Kier alpha value is -2.11. The van der Waals surface area contributed by atoms with Gasteiger partial charge in [0, 0.05) is 12.1 Å². The molecule has 0 aliphatic rings. The molecule has 1 aromatic carbocycles. The van der Waals surface area contributed by atoms with Gasteiger partial charge in [0.05, 0.1) is 4.92 Å². The maximum absolute atomic E-state index is 11.2. The average Bonchev–Trinajstić information content (AvgIpc) is 2.16. The van der Waals surface area contributed by atoms with E-state index in [0.717, 1.165) is 0 Å². The minimum atomic E-state index is -0.704. The van der Waals surface area contributed by atoms with Crippen molar-refractivity contribution >= 4 is 11.8 Å². The molecule has 0 unspecified atom stereocenters. The SMILES string of the molecule is CC(C)NC(=O)Oc1ccccc1[N+](=O)[O-]. The minimum Gasteiger partial charge on any atom is -0.403 e. The molecule has 1 rings (SSSR count). The van der Waals surface area contributed by atoms with Crippen LogP contribution in [0.5, 0.6) is 5.75 Å². The van der Waals surface area contributed by atoms with Crippen LogP contribution in [0, 0.1) is 10.1 Å². The minimum absolute atomic E-state index is 0.0642. The van der Waals surface area contributed by atoms with Gasteiger partial charge in [-0.15, -0.1) is 0 Å². The van der Waals surface area contributed by atoms with Crippen LogP contribution in [-0.2, 0) is 0 Å². The third-order valence-electron chi connectivity index (χ3n) is 1.67. The van der Waals surface area contributed by atoms with E-state index in [9.17, 15) is 14.9 Å². The highest BCUT2D eigenvalue weighted by molar-refractivity contribution is 5.72. The van der Waals surface area contributed by atoms with Crippen LogP contribution < -0.4 is 10.1 Å². The summed E-state index contributed by atoms with van der Waals surface area (Å²) in [6, 6.07) is 5.63. The van der Waals surface area contributed by atoms with E-state index in [-0.39, 0.29) is 17.5 Å². The van der Waals surface area contributed by atoms with Crippen LogP contribution in [0.15, 0.2) is 24.3 Å². The first-order chi connectivity index (χ1) is 7.50. The summed E-state index contributed by atoms with van der Waals surface area (Å²) in [5.41, 5.74) is -0.235. The summed E-state index contributed by atoms with van der Waals surface area (Å²) in [5.74, 6) is -0.0642. The summed E-state index contributed by atoms with van der Waals surface area (Å²) in [5, 5.41) is 13.1. The first-order valence-electron chi connectivity index (χ1n) is 4.72. The molecule has 0 spiro atoms. The Balaban J connectivity index is 2.81. The average molecular weight is 224 g/mol. The Kier molecular flexibility index (Phi) is 3.82. The topological polar surface area (TPSA) is 81.5 Å². The van der Waals surface area contributed by atoms with Gasteiger partial charge in [0.2, 0.25) is 5.75 Å². The van der Waals surface area contributed by atoms with Gasteiger partial charge in [-0.05, 0) is 19.9 Å². The molecule has 1 N–H and O–H groups in total. The van der Waals surface area contributed by atoms with Crippen molar-refractivity contribution in [3.8, 4) is 5.75 Å². The van der Waals surface area contributed by atoms with E-state index in [1.807, 2.05) is 0 Å². The van der Waals surface area contributed by atoms with Gasteiger partial charge in [0.15, 0.2) is 0 Å². The quantitative estimate of drug-likeness (QED) is 0.629. The number of nitrogens with one attached hydrogen (secondary N) is 1. The van der Waals surface area contributed by atoms with Gasteiger partial charge in [0.1, 0.15) is 0 Å². The molecule has 0 saturated heterocycles. The number of nitrogens with zero attached hydrogens (tertiary/aromatic N) is 1. The molecule has 0 radical (unpaired) electrons. The third kappa shape index (κ3) is 3.23. The van der Waals surface area contributed by atoms with Crippen LogP contribution in [0.25, 0.3) is 0 Å². The fourth-order valence-corrected chi connectivity index (χ4v) is 1.06. The molecule has 0 aliphatic heterocycles. The van der Waals surface area contributed by atoms with Crippen molar-refractivity contribution in [2.24, 2.45) is 0 Å². The first-order valence-corrected chi connectivity index (χ1v) is 4.72. The van der Waals surface area contributed by atoms with Gasteiger partial charge >= 0.3 is 11.8 Å². The number of hydrogen-bond acceptors (Lipinski definition) is 4. The second-order valence-electron chi connectivity index (χ2n) is 3.41. The summed E-state index contributed by atoms with van der Waals surface area (Å²) in [7, 11) is 0. The third-order valence-corrected chi connectivity index (χ3v) is 1.67. The van der Waals surface area contributed by atoms with Crippen molar-refractivity contribution in [1.82, 2.24) is 5.32 Å². The number of carbonyl (C=O) groups excluding carboxylic acids is 1. The van der Waals surface area contributed by atoms with Gasteiger partial charge in [-0.25, -0.2) is 4.79 Å². The highest BCUT2D eigenvalue weighted by Gasteiger charge is 2.16. The molecule has 0 heterocycles. The number of benzene rings is 1. The molecule has 0 saturated carbocycles. The van der Waals surface area contributed by atoms with Gasteiger partial charge in [-0.2, -0.15) is 0 Å². The second kappa shape index (κ2) is 5.11. The van der Waals surface area contributed by atoms with Crippen molar-refractivity contribution in [2.75, 3.05) is 0 Å². The van der Waals surface area contributed by atoms with Crippen molar-refractivity contribution in [3.63, 3.8) is 0 Å². The van der Waals surface area contributed by atoms with E-state index in [0.29, 0.717) is 0 Å². The molecule has 0 aromatic heterocycles. The molecule has 0 aliphatic carbocycles. The smallest absolute Gasteiger partial charge is 0.403 e. The van der Waals surface area contributed by atoms with E-state index < -0.39 is 11.0 Å². The second-order valence-corrected chi connectivity index (χ2v) is 3.41. The van der Waals surface area contributed by atoms with Gasteiger partial charge in [-0.3, -0.25) is 10.1 Å². The predicted molar refractivity (Wildman–Crippen MR) is 57.4 cm³/mol. The van der Waals surface area contributed by atoms with Crippen LogP contribution >= 0.6 is 0 Å². The lowest BCUT2D eigenvalue weighted by Gasteiger charge is -2.08. The van der Waals surface area contributed by atoms with Crippen molar-refractivity contribution < 1.29 is 14.5 Å². The highest BCUT2D eigenvalue weighted by Crippen LogP contribution is 2.25. The fourth-order valence-electron chi connectivity index (χ4n) is 1.06. The fraction of sp³-hybridized carbons (Fsp3) is 0.300. The lowest BCUT2D eigenvalue weighted by atomic mass is 10.3. The van der Waals surface area contributed by atoms with Gasteiger partial charge < -0.3 is 10.1 Å².